The molecule has 1 atom stereocenters. The van der Waals surface area contributed by atoms with Gasteiger partial charge in [0.05, 0.1) is 12.7 Å². The van der Waals surface area contributed by atoms with Gasteiger partial charge in [0, 0.05) is 18.2 Å². The third kappa shape index (κ3) is 18.7. The highest BCUT2D eigenvalue weighted by Crippen LogP contribution is 2.10. The van der Waals surface area contributed by atoms with E-state index in [1.54, 1.807) is 36.4 Å². The van der Waals surface area contributed by atoms with E-state index in [-0.39, 0.29) is 11.5 Å². The van der Waals surface area contributed by atoms with Crippen LogP contribution in [0.4, 0.5) is 5.69 Å². The number of amides is 1. The van der Waals surface area contributed by atoms with Crippen LogP contribution in [0, 0.1) is 0 Å². The number of ether oxygens (including phenoxy) is 1. The van der Waals surface area contributed by atoms with Crippen molar-refractivity contribution in [2.75, 3.05) is 25.5 Å². The number of methoxy groups -OCH3 is 1. The van der Waals surface area contributed by atoms with E-state index in [2.05, 4.69) is 17.4 Å². The molecule has 0 bridgehead atoms. The van der Waals surface area contributed by atoms with Crippen molar-refractivity contribution in [3.63, 3.8) is 0 Å². The summed E-state index contributed by atoms with van der Waals surface area (Å²) < 4.78 is 4.86. The maximum absolute atomic E-state index is 10.6. The first-order valence-corrected chi connectivity index (χ1v) is 13.2. The van der Waals surface area contributed by atoms with Gasteiger partial charge in [-0.2, -0.15) is 0 Å². The second kappa shape index (κ2) is 23.2. The number of unbranched alkanes of at least 4 members (excludes halogenated alkanes) is 1. The van der Waals surface area contributed by atoms with Crippen LogP contribution in [-0.4, -0.2) is 60.6 Å². The number of aliphatic carboxylic acids is 1. The Morgan fingerprint density at radius 2 is 1.48 bits per heavy atom. The average Bonchev–Trinajstić information content (AvgIpc) is 2.99. The highest BCUT2D eigenvalue weighted by Gasteiger charge is 2.09. The first-order valence-electron chi connectivity index (χ1n) is 13.2. The Kier molecular flexibility index (Phi) is 20.6. The molecular weight excluding hydrogens is 540 g/mol. The number of aromatic carboxylic acids is 1. The van der Waals surface area contributed by atoms with Crippen LogP contribution in [0.25, 0.3) is 0 Å². The summed E-state index contributed by atoms with van der Waals surface area (Å²) in [5.74, 6) is -1.31. The minimum atomic E-state index is -0.933. The molecule has 9 N–H and O–H groups in total. The molecule has 11 heteroatoms. The molecule has 3 aromatic rings. The molecule has 0 unspecified atom stereocenters. The third-order valence-corrected chi connectivity index (χ3v) is 5.27. The van der Waals surface area contributed by atoms with E-state index in [1.807, 2.05) is 18.2 Å². The van der Waals surface area contributed by atoms with Gasteiger partial charge in [-0.25, -0.2) is 4.79 Å². The molecule has 0 saturated carbocycles. The molecule has 0 aromatic heterocycles. The second-order valence-electron chi connectivity index (χ2n) is 8.71. The van der Waals surface area contributed by atoms with E-state index >= 15 is 0 Å². The lowest BCUT2D eigenvalue weighted by Gasteiger charge is -2.03. The second-order valence-corrected chi connectivity index (χ2v) is 8.71. The van der Waals surface area contributed by atoms with Crippen molar-refractivity contribution in [1.82, 2.24) is 0 Å². The Labute approximate surface area is 246 Å². The molecule has 0 aliphatic rings. The Bertz CT molecular complexity index is 1170. The van der Waals surface area contributed by atoms with Crippen LogP contribution < -0.4 is 27.3 Å². The maximum Gasteiger partial charge on any atom is 0.335 e. The molecule has 11 nitrogen and oxygen atoms in total. The van der Waals surface area contributed by atoms with E-state index in [4.69, 9.17) is 32.2 Å². The number of nitrogens with two attached hydrogens (primary N) is 3. The first kappa shape index (κ1) is 37.4. The summed E-state index contributed by atoms with van der Waals surface area (Å²) in [5, 5.41) is 19.4. The maximum atomic E-state index is 10.6. The zero-order chi connectivity index (χ0) is 31.8. The van der Waals surface area contributed by atoms with Crippen LogP contribution in [0.5, 0.6) is 5.75 Å². The number of hydrogen-bond acceptors (Lipinski definition) is 8. The fourth-order valence-electron chi connectivity index (χ4n) is 3.03. The topological polar surface area (TPSA) is 208 Å². The highest BCUT2D eigenvalue weighted by molar-refractivity contribution is 5.89. The van der Waals surface area contributed by atoms with Crippen molar-refractivity contribution in [2.45, 2.75) is 38.6 Å². The van der Waals surface area contributed by atoms with Crippen molar-refractivity contribution < 1.29 is 34.1 Å². The van der Waals surface area contributed by atoms with Crippen LogP contribution in [-0.2, 0) is 16.0 Å². The number of carbonyl (C=O) groups excluding carboxylic acids is 2. The van der Waals surface area contributed by atoms with Gasteiger partial charge in [-0.15, -0.1) is 0 Å². The van der Waals surface area contributed by atoms with Gasteiger partial charge in [0.25, 0.3) is 0 Å². The predicted octanol–water partition coefficient (Wildman–Crippen LogP) is 3.57. The van der Waals surface area contributed by atoms with Gasteiger partial charge in [-0.1, -0.05) is 36.8 Å². The molecule has 42 heavy (non-hydrogen) atoms. The average molecular weight is 583 g/mol. The fraction of sp³-hybridized carbons (Fsp3) is 0.290. The Hall–Kier alpha value is -4.58. The molecule has 0 saturated heterocycles. The third-order valence-electron chi connectivity index (χ3n) is 5.27. The first-order chi connectivity index (χ1) is 20.1. The Morgan fingerprint density at radius 3 is 1.90 bits per heavy atom. The lowest BCUT2D eigenvalue weighted by Crippen LogP contribution is -2.29. The SMILES string of the molecule is CC(=O)Nc1ccc(C=O)cc1.COc1ccc(C(=O)O)cc1.NCCCC[C@H](N)C(=O)O.NCCc1ccccc1. The minimum absolute atomic E-state index is 0.117. The molecule has 3 rings (SSSR count). The summed E-state index contributed by atoms with van der Waals surface area (Å²) in [4.78, 5) is 41.3. The number of nitrogens with one attached hydrogen (secondary N) is 1. The summed E-state index contributed by atoms with van der Waals surface area (Å²) in [6.45, 7) is 2.78. The highest BCUT2D eigenvalue weighted by atomic mass is 16.5. The molecule has 0 fully saturated rings. The van der Waals surface area contributed by atoms with Crippen molar-refractivity contribution in [2.24, 2.45) is 17.2 Å². The zero-order valence-electron chi connectivity index (χ0n) is 24.1. The van der Waals surface area contributed by atoms with Gasteiger partial charge < -0.3 is 37.5 Å². The number of carboxylic acid groups (broad SMARTS) is 2. The van der Waals surface area contributed by atoms with Crippen LogP contribution >= 0.6 is 0 Å². The summed E-state index contributed by atoms with van der Waals surface area (Å²) >= 11 is 0. The van der Waals surface area contributed by atoms with Crippen LogP contribution in [0.15, 0.2) is 78.9 Å². The van der Waals surface area contributed by atoms with E-state index in [1.165, 1.54) is 31.7 Å². The lowest BCUT2D eigenvalue weighted by atomic mass is 10.1. The molecule has 0 spiro atoms. The van der Waals surface area contributed by atoms with Gasteiger partial charge in [0.1, 0.15) is 18.1 Å². The monoisotopic (exact) mass is 582 g/mol. The van der Waals surface area contributed by atoms with Gasteiger partial charge in [0.2, 0.25) is 5.91 Å². The van der Waals surface area contributed by atoms with E-state index in [9.17, 15) is 19.2 Å². The molecule has 228 valence electrons. The molecule has 0 heterocycles. The number of aldehydes is 1. The standard InChI is InChI=1S/C9H9NO2.C8H11N.C8H8O3.C6H14N2O2/c1-7(12)10-9-4-2-8(6-11)3-5-9;9-7-6-8-4-2-1-3-5-8;1-11-7-4-2-6(3-5-7)8(9)10;7-4-2-1-3-5(8)6(9)10/h2-6H,1H3,(H,10,12);1-5H,6-7,9H2;2-5H,1H3,(H,9,10);5H,1-4,7-8H2,(H,9,10)/t;;;5-/m...0/s1. The van der Waals surface area contributed by atoms with Gasteiger partial charge >= 0.3 is 11.9 Å². The molecular formula is C31H42N4O7. The molecule has 3 aromatic carbocycles. The van der Waals surface area contributed by atoms with Crippen LogP contribution in [0.2, 0.25) is 0 Å². The van der Waals surface area contributed by atoms with Crippen molar-refractivity contribution in [1.29, 1.82) is 0 Å². The number of rotatable bonds is 11. The molecule has 0 radical (unpaired) electrons. The van der Waals surface area contributed by atoms with E-state index < -0.39 is 18.0 Å². The summed E-state index contributed by atoms with van der Waals surface area (Å²) in [6.07, 6.45) is 3.91. The molecule has 0 aliphatic heterocycles. The fourth-order valence-corrected chi connectivity index (χ4v) is 3.03. The van der Waals surface area contributed by atoms with Gasteiger partial charge in [-0.3, -0.25) is 14.4 Å². The van der Waals surface area contributed by atoms with E-state index in [0.29, 0.717) is 30.0 Å². The van der Waals surface area contributed by atoms with Crippen molar-refractivity contribution in [3.05, 3.63) is 95.6 Å². The zero-order valence-corrected chi connectivity index (χ0v) is 24.1. The minimum Gasteiger partial charge on any atom is -0.497 e. The number of hydrogen-bond donors (Lipinski definition) is 6. The van der Waals surface area contributed by atoms with Crippen LogP contribution in [0.1, 0.15) is 52.5 Å². The Balaban J connectivity index is 0.000000537. The summed E-state index contributed by atoms with van der Waals surface area (Å²) in [5.41, 5.74) is 18.7. The van der Waals surface area contributed by atoms with Crippen molar-refractivity contribution in [3.8, 4) is 5.75 Å². The normalized spacial score (nSPS) is 10.1. The Morgan fingerprint density at radius 1 is 0.881 bits per heavy atom. The summed E-state index contributed by atoms with van der Waals surface area (Å²) in [7, 11) is 1.54. The quantitative estimate of drug-likeness (QED) is 0.143. The van der Waals surface area contributed by atoms with Crippen molar-refractivity contribution >= 4 is 29.8 Å². The summed E-state index contributed by atoms with van der Waals surface area (Å²) in [6, 6.07) is 22.4. The molecule has 1 amide bonds. The van der Waals surface area contributed by atoms with E-state index in [0.717, 1.165) is 32.1 Å². The largest absolute Gasteiger partial charge is 0.497 e. The van der Waals surface area contributed by atoms with Gasteiger partial charge in [-0.05, 0) is 86.4 Å². The van der Waals surface area contributed by atoms with Gasteiger partial charge in [0.15, 0.2) is 0 Å². The number of anilines is 1. The number of carboxylic acids is 2. The molecule has 0 aliphatic carbocycles. The lowest BCUT2D eigenvalue weighted by molar-refractivity contribution is -0.138. The predicted molar refractivity (Wildman–Crippen MR) is 164 cm³/mol. The smallest absolute Gasteiger partial charge is 0.335 e. The van der Waals surface area contributed by atoms with Crippen LogP contribution in [0.3, 0.4) is 0 Å². The number of carbonyl (C=O) groups is 4. The number of benzene rings is 3.